The van der Waals surface area contributed by atoms with Crippen molar-refractivity contribution in [2.75, 3.05) is 0 Å². The normalized spacial score (nSPS) is 4.50. The quantitative estimate of drug-likeness (QED) is 0.325. The first kappa shape index (κ1) is 15.7. The van der Waals surface area contributed by atoms with Gasteiger partial charge in [0.1, 0.15) is 0 Å². The zero-order valence-electron chi connectivity index (χ0n) is 2.42. The van der Waals surface area contributed by atoms with Crippen molar-refractivity contribution >= 4 is 52.8 Å². The van der Waals surface area contributed by atoms with Crippen LogP contribution in [0.25, 0.3) is 0 Å². The van der Waals surface area contributed by atoms with Crippen molar-refractivity contribution < 1.29 is 20.5 Å². The fourth-order valence-corrected chi connectivity index (χ4v) is 0. The Hall–Kier alpha value is 1.39. The molecule has 5 N–H and O–H groups in total. The molecule has 0 heterocycles. The van der Waals surface area contributed by atoms with Gasteiger partial charge in [-0.15, -0.1) is 0 Å². The Labute approximate surface area is 72.6 Å². The molecule has 0 unspecified atom stereocenters. The van der Waals surface area contributed by atoms with Crippen LogP contribution < -0.4 is 0 Å². The molecule has 0 aromatic rings. The van der Waals surface area contributed by atoms with Gasteiger partial charge in [0.05, 0.1) is 0 Å². The van der Waals surface area contributed by atoms with Crippen molar-refractivity contribution in [2.45, 2.75) is 0 Å². The van der Waals surface area contributed by atoms with Crippen molar-refractivity contribution in [3.8, 4) is 0 Å². The van der Waals surface area contributed by atoms with Gasteiger partial charge in [0.25, 0.3) is 0 Å². The molecule has 0 fully saturated rings. The van der Waals surface area contributed by atoms with Crippen LogP contribution in [0.1, 0.15) is 0 Å². The van der Waals surface area contributed by atoms with Crippen LogP contribution >= 0.6 is 0 Å². The predicted octanol–water partition coefficient (Wildman–Crippen LogP) is -3.79. The van der Waals surface area contributed by atoms with Crippen LogP contribution in [-0.2, 0) is 0 Å². The third-order valence-corrected chi connectivity index (χ3v) is 0. The molecule has 0 aliphatic rings. The van der Waals surface area contributed by atoms with Gasteiger partial charge in [-0.05, 0) is 0 Å². The maximum absolute atomic E-state index is 7.17. The van der Waals surface area contributed by atoms with Crippen LogP contribution in [0.3, 0.4) is 0 Å². The van der Waals surface area contributed by atoms with Gasteiger partial charge in [-0.1, -0.05) is 0 Å². The van der Waals surface area contributed by atoms with E-state index in [4.69, 9.17) is 15.1 Å². The summed E-state index contributed by atoms with van der Waals surface area (Å²) in [5.74, 6) is 0. The minimum absolute atomic E-state index is 0. The van der Waals surface area contributed by atoms with Gasteiger partial charge in [-0.3, -0.25) is 0 Å². The van der Waals surface area contributed by atoms with Gasteiger partial charge < -0.3 is 20.5 Å². The van der Waals surface area contributed by atoms with Gasteiger partial charge >= 0.3 is 52.8 Å². The molecular formula is H7BO4Sr. The van der Waals surface area contributed by atoms with E-state index in [0.29, 0.717) is 0 Å². The number of rotatable bonds is 0. The third-order valence-electron chi connectivity index (χ3n) is 0. The molecule has 0 radical (unpaired) electrons. The van der Waals surface area contributed by atoms with Gasteiger partial charge in [0, 0.05) is 0 Å². The Balaban J connectivity index is -0.0000000450. The molecule has 0 bridgehead atoms. The van der Waals surface area contributed by atoms with Gasteiger partial charge in [0.15, 0.2) is 0 Å². The standard InChI is InChI=1S/BH3O3.H2O.Sr.2H/c2-1(3)4;;;;/h2-4H;1H2;;;. The molecule has 0 aliphatic heterocycles. The molecule has 36 valence electrons. The summed E-state index contributed by atoms with van der Waals surface area (Å²) in [7, 11) is -2.17. The van der Waals surface area contributed by atoms with E-state index in [1.807, 2.05) is 0 Å². The molecule has 0 atom stereocenters. The van der Waals surface area contributed by atoms with E-state index in [1.54, 1.807) is 0 Å². The van der Waals surface area contributed by atoms with Gasteiger partial charge in [-0.2, -0.15) is 0 Å². The Kier molecular flexibility index (Phi) is 25.1. The zero-order valence-corrected chi connectivity index (χ0v) is 2.42. The number of hydrogen-bond donors (Lipinski definition) is 3. The monoisotopic (exact) mass is 170 g/mol. The molecule has 0 aromatic carbocycles. The average Bonchev–Trinajstić information content (AvgIpc) is 0.811. The van der Waals surface area contributed by atoms with E-state index >= 15 is 0 Å². The molecule has 0 amide bonds. The summed E-state index contributed by atoms with van der Waals surface area (Å²) in [5, 5.41) is 21.5. The van der Waals surface area contributed by atoms with E-state index in [-0.39, 0.29) is 51.0 Å². The molecule has 0 aliphatic carbocycles. The van der Waals surface area contributed by atoms with Crippen LogP contribution in [0.4, 0.5) is 0 Å². The van der Waals surface area contributed by atoms with Gasteiger partial charge in [0.2, 0.25) is 0 Å². The van der Waals surface area contributed by atoms with Crippen LogP contribution in [0.2, 0.25) is 0 Å². The zero-order chi connectivity index (χ0) is 3.58. The average molecular weight is 169 g/mol. The molecule has 6 heavy (non-hydrogen) atoms. The summed E-state index contributed by atoms with van der Waals surface area (Å²) in [6.07, 6.45) is 0. The van der Waals surface area contributed by atoms with E-state index in [1.165, 1.54) is 0 Å². The number of hydrogen-bond acceptors (Lipinski definition) is 3. The summed E-state index contributed by atoms with van der Waals surface area (Å²) in [6, 6.07) is 0. The topological polar surface area (TPSA) is 92.2 Å². The molecule has 0 spiro atoms. The Morgan fingerprint density at radius 2 is 1.00 bits per heavy atom. The molecule has 0 saturated heterocycles. The molecule has 4 nitrogen and oxygen atoms in total. The van der Waals surface area contributed by atoms with Gasteiger partial charge in [-0.25, -0.2) is 0 Å². The summed E-state index contributed by atoms with van der Waals surface area (Å²) in [4.78, 5) is 0. The van der Waals surface area contributed by atoms with Crippen molar-refractivity contribution in [1.29, 1.82) is 0 Å². The first-order valence-electron chi connectivity index (χ1n) is 0.775. The van der Waals surface area contributed by atoms with Crippen LogP contribution in [-0.4, -0.2) is 73.4 Å². The molecule has 0 rings (SSSR count). The molecule has 0 aromatic heterocycles. The Morgan fingerprint density at radius 1 is 1.00 bits per heavy atom. The first-order chi connectivity index (χ1) is 1.73. The molecule has 6 heteroatoms. The maximum atomic E-state index is 7.17. The predicted molar refractivity (Wildman–Crippen MR) is 24.6 cm³/mol. The van der Waals surface area contributed by atoms with E-state index in [9.17, 15) is 0 Å². The van der Waals surface area contributed by atoms with Crippen LogP contribution in [0.15, 0.2) is 0 Å². The summed E-state index contributed by atoms with van der Waals surface area (Å²) < 4.78 is 0. The second-order valence-electron chi connectivity index (χ2n) is 0.346. The van der Waals surface area contributed by atoms with E-state index in [0.717, 1.165) is 0 Å². The Morgan fingerprint density at radius 3 is 1.00 bits per heavy atom. The van der Waals surface area contributed by atoms with Crippen LogP contribution in [0.5, 0.6) is 0 Å². The molecule has 0 saturated carbocycles. The Bertz CT molecular complexity index is 12.3. The van der Waals surface area contributed by atoms with E-state index in [2.05, 4.69) is 0 Å². The fourth-order valence-electron chi connectivity index (χ4n) is 0. The first-order valence-corrected chi connectivity index (χ1v) is 0.775. The van der Waals surface area contributed by atoms with Crippen molar-refractivity contribution in [2.24, 2.45) is 0 Å². The second-order valence-corrected chi connectivity index (χ2v) is 0.346. The SMILES string of the molecule is O.OB(O)O.[SrH2]. The van der Waals surface area contributed by atoms with Crippen molar-refractivity contribution in [1.82, 2.24) is 0 Å². The van der Waals surface area contributed by atoms with Crippen LogP contribution in [0, 0.1) is 0 Å². The third kappa shape index (κ3) is 54.0. The fraction of sp³-hybridized carbons (Fsp3) is 0. The van der Waals surface area contributed by atoms with Crippen molar-refractivity contribution in [3.05, 3.63) is 0 Å². The summed E-state index contributed by atoms with van der Waals surface area (Å²) in [6.45, 7) is 0. The summed E-state index contributed by atoms with van der Waals surface area (Å²) >= 11 is 0. The van der Waals surface area contributed by atoms with Crippen molar-refractivity contribution in [3.63, 3.8) is 0 Å². The molecular weight excluding hydrogens is 162 g/mol. The van der Waals surface area contributed by atoms with E-state index < -0.39 is 7.32 Å². The summed E-state index contributed by atoms with van der Waals surface area (Å²) in [5.41, 5.74) is 0. The minimum atomic E-state index is -2.17. The second kappa shape index (κ2) is 9.63.